The van der Waals surface area contributed by atoms with E-state index in [1.165, 1.54) is 22.7 Å². The van der Waals surface area contributed by atoms with Crippen LogP contribution in [0.1, 0.15) is 35.7 Å². The summed E-state index contributed by atoms with van der Waals surface area (Å²) >= 11 is 1.45. The normalized spacial score (nSPS) is 18.4. The Morgan fingerprint density at radius 3 is 2.53 bits per heavy atom. The lowest BCUT2D eigenvalue weighted by Gasteiger charge is -2.32. The molecule has 0 radical (unpaired) electrons. The molecule has 2 heterocycles. The number of hydrogen-bond acceptors (Lipinski definition) is 7. The molecule has 2 saturated heterocycles. The summed E-state index contributed by atoms with van der Waals surface area (Å²) in [5.41, 5.74) is 1.64. The van der Waals surface area contributed by atoms with Crippen molar-refractivity contribution in [1.82, 2.24) is 4.90 Å². The summed E-state index contributed by atoms with van der Waals surface area (Å²) in [6.45, 7) is 3.67. The molecule has 2 fully saturated rings. The fourth-order valence-electron chi connectivity index (χ4n) is 4.20. The topological polar surface area (TPSA) is 120 Å². The molecule has 1 unspecified atom stereocenters. The van der Waals surface area contributed by atoms with Crippen LogP contribution in [0.4, 0.5) is 17.1 Å². The van der Waals surface area contributed by atoms with Gasteiger partial charge in [-0.25, -0.2) is 0 Å². The number of thioether (sulfide) groups is 1. The third-order valence-corrected chi connectivity index (χ3v) is 7.28. The number of carbonyl (C=O) groups is 2. The number of benzene rings is 2. The second-order valence-electron chi connectivity index (χ2n) is 8.60. The van der Waals surface area contributed by atoms with E-state index in [-0.39, 0.29) is 17.2 Å². The highest BCUT2D eigenvalue weighted by Gasteiger charge is 2.36. The number of nitro benzene ring substituents is 1. The van der Waals surface area contributed by atoms with Crippen LogP contribution in [0.2, 0.25) is 0 Å². The molecule has 1 atom stereocenters. The summed E-state index contributed by atoms with van der Waals surface area (Å²) < 4.78 is 0. The van der Waals surface area contributed by atoms with Crippen LogP contribution in [0.5, 0.6) is 0 Å². The molecule has 0 saturated carbocycles. The molecule has 0 spiro atoms. The third kappa shape index (κ3) is 4.99. The fourth-order valence-corrected chi connectivity index (χ4v) is 5.35. The Hall–Kier alpha value is -3.58. The van der Waals surface area contributed by atoms with Gasteiger partial charge in [-0.2, -0.15) is 5.26 Å². The van der Waals surface area contributed by atoms with Crippen molar-refractivity contribution in [2.24, 2.45) is 5.92 Å². The fraction of sp³-hybridized carbons (Fsp3) is 0.375. The number of amides is 2. The van der Waals surface area contributed by atoms with Gasteiger partial charge in [0, 0.05) is 36.2 Å². The molecular weight excluding hydrogens is 454 g/mol. The smallest absolute Gasteiger partial charge is 0.293 e. The van der Waals surface area contributed by atoms with Gasteiger partial charge in [-0.1, -0.05) is 6.92 Å². The molecule has 9 nitrogen and oxygen atoms in total. The van der Waals surface area contributed by atoms with Crippen LogP contribution in [-0.4, -0.2) is 52.4 Å². The molecule has 2 amide bonds. The van der Waals surface area contributed by atoms with Crippen molar-refractivity contribution in [3.63, 3.8) is 0 Å². The zero-order valence-corrected chi connectivity index (χ0v) is 19.6. The van der Waals surface area contributed by atoms with Gasteiger partial charge in [0.15, 0.2) is 0 Å². The Morgan fingerprint density at radius 2 is 1.88 bits per heavy atom. The van der Waals surface area contributed by atoms with Crippen LogP contribution in [0.3, 0.4) is 0 Å². The summed E-state index contributed by atoms with van der Waals surface area (Å²) in [6, 6.07) is 12.4. The van der Waals surface area contributed by atoms with Gasteiger partial charge in [0.1, 0.15) is 11.7 Å². The van der Waals surface area contributed by atoms with Crippen molar-refractivity contribution >= 4 is 40.6 Å². The van der Waals surface area contributed by atoms with Gasteiger partial charge in [-0.15, -0.1) is 11.8 Å². The lowest BCUT2D eigenvalue weighted by molar-refractivity contribution is -0.384. The summed E-state index contributed by atoms with van der Waals surface area (Å²) in [5, 5.41) is 23.5. The van der Waals surface area contributed by atoms with E-state index >= 15 is 0 Å². The SMILES string of the molecule is CC1CCN(c2ccc(C(=O)N3CSCC3C(=O)Nc3ccc(C#N)cc3)cc2[N+](=O)[O-])CC1. The summed E-state index contributed by atoms with van der Waals surface area (Å²) in [6.07, 6.45) is 1.94. The number of nitrogens with one attached hydrogen (secondary N) is 1. The second kappa shape index (κ2) is 10.1. The number of nitro groups is 1. The van der Waals surface area contributed by atoms with Gasteiger partial charge < -0.3 is 15.1 Å². The highest BCUT2D eigenvalue weighted by molar-refractivity contribution is 7.99. The maximum atomic E-state index is 13.3. The first-order chi connectivity index (χ1) is 16.4. The zero-order valence-electron chi connectivity index (χ0n) is 18.8. The molecule has 10 heteroatoms. The maximum Gasteiger partial charge on any atom is 0.293 e. The minimum absolute atomic E-state index is 0.0918. The monoisotopic (exact) mass is 479 g/mol. The number of nitrogens with zero attached hydrogens (tertiary/aromatic N) is 4. The molecule has 2 aromatic rings. The van der Waals surface area contributed by atoms with Crippen molar-refractivity contribution < 1.29 is 14.5 Å². The summed E-state index contributed by atoms with van der Waals surface area (Å²) in [7, 11) is 0. The first-order valence-corrected chi connectivity index (χ1v) is 12.3. The summed E-state index contributed by atoms with van der Waals surface area (Å²) in [4.78, 5) is 41.0. The first kappa shape index (κ1) is 23.6. The quantitative estimate of drug-likeness (QED) is 0.511. The van der Waals surface area contributed by atoms with E-state index in [2.05, 4.69) is 12.2 Å². The first-order valence-electron chi connectivity index (χ1n) is 11.1. The largest absolute Gasteiger partial charge is 0.366 e. The maximum absolute atomic E-state index is 13.3. The molecule has 4 rings (SSSR count). The van der Waals surface area contributed by atoms with Crippen LogP contribution in [-0.2, 0) is 4.79 Å². The predicted octanol–water partition coefficient (Wildman–Crippen LogP) is 3.86. The molecule has 0 aliphatic carbocycles. The average molecular weight is 480 g/mol. The van der Waals surface area contributed by atoms with Gasteiger partial charge in [-0.3, -0.25) is 19.7 Å². The van der Waals surface area contributed by atoms with E-state index in [0.717, 1.165) is 25.9 Å². The second-order valence-corrected chi connectivity index (χ2v) is 9.60. The highest BCUT2D eigenvalue weighted by atomic mass is 32.2. The van der Waals surface area contributed by atoms with Gasteiger partial charge in [-0.05, 0) is 55.2 Å². The third-order valence-electron chi connectivity index (χ3n) is 6.27. The van der Waals surface area contributed by atoms with Crippen molar-refractivity contribution in [2.75, 3.05) is 34.9 Å². The highest BCUT2D eigenvalue weighted by Crippen LogP contribution is 2.33. The minimum atomic E-state index is -0.699. The molecule has 1 N–H and O–H groups in total. The zero-order chi connectivity index (χ0) is 24.2. The predicted molar refractivity (Wildman–Crippen MR) is 131 cm³/mol. The lowest BCUT2D eigenvalue weighted by Crippen LogP contribution is -2.44. The molecule has 0 bridgehead atoms. The molecular formula is C24H25N5O4S. The van der Waals surface area contributed by atoms with Crippen LogP contribution in [0, 0.1) is 27.4 Å². The Labute approximate surface area is 201 Å². The molecule has 2 aliphatic rings. The number of nitriles is 1. The van der Waals surface area contributed by atoms with E-state index in [0.29, 0.717) is 34.5 Å². The van der Waals surface area contributed by atoms with Crippen LogP contribution >= 0.6 is 11.8 Å². The van der Waals surface area contributed by atoms with E-state index in [9.17, 15) is 19.7 Å². The molecule has 34 heavy (non-hydrogen) atoms. The van der Waals surface area contributed by atoms with E-state index in [4.69, 9.17) is 5.26 Å². The minimum Gasteiger partial charge on any atom is -0.366 e. The van der Waals surface area contributed by atoms with Gasteiger partial charge in [0.2, 0.25) is 5.91 Å². The van der Waals surface area contributed by atoms with Crippen molar-refractivity contribution in [2.45, 2.75) is 25.8 Å². The Kier molecular flexibility index (Phi) is 7.03. The number of anilines is 2. The lowest BCUT2D eigenvalue weighted by atomic mass is 9.98. The van der Waals surface area contributed by atoms with Gasteiger partial charge >= 0.3 is 0 Å². The van der Waals surface area contributed by atoms with E-state index in [1.54, 1.807) is 36.4 Å². The van der Waals surface area contributed by atoms with Crippen molar-refractivity contribution in [3.05, 3.63) is 63.7 Å². The molecule has 2 aliphatic heterocycles. The number of carbonyl (C=O) groups excluding carboxylic acids is 2. The average Bonchev–Trinajstić information content (AvgIpc) is 3.34. The molecule has 176 valence electrons. The molecule has 2 aromatic carbocycles. The van der Waals surface area contributed by atoms with Gasteiger partial charge in [0.25, 0.3) is 11.6 Å². The van der Waals surface area contributed by atoms with Crippen LogP contribution < -0.4 is 10.2 Å². The molecule has 0 aromatic heterocycles. The Balaban J connectivity index is 1.51. The van der Waals surface area contributed by atoms with Gasteiger partial charge in [0.05, 0.1) is 22.4 Å². The Bertz CT molecular complexity index is 1140. The number of hydrogen-bond donors (Lipinski definition) is 1. The summed E-state index contributed by atoms with van der Waals surface area (Å²) in [5.74, 6) is 0.601. The van der Waals surface area contributed by atoms with E-state index in [1.807, 2.05) is 11.0 Å². The standard InChI is InChI=1S/C24H25N5O4S/c1-16-8-10-27(11-9-16)20-7-4-18(12-21(20)29(32)33)24(31)28-15-34-14-22(28)23(30)26-19-5-2-17(13-25)3-6-19/h2-7,12,16,22H,8-11,14-15H2,1H3,(H,26,30). The Morgan fingerprint density at radius 1 is 1.18 bits per heavy atom. The van der Waals surface area contributed by atoms with Crippen LogP contribution in [0.25, 0.3) is 0 Å². The number of piperidine rings is 1. The number of rotatable bonds is 5. The van der Waals surface area contributed by atoms with Crippen molar-refractivity contribution in [3.8, 4) is 6.07 Å². The van der Waals surface area contributed by atoms with Crippen LogP contribution in [0.15, 0.2) is 42.5 Å². The van der Waals surface area contributed by atoms with Crippen molar-refractivity contribution in [1.29, 1.82) is 5.26 Å². The van der Waals surface area contributed by atoms with E-state index < -0.39 is 16.9 Å².